The number of rotatable bonds is 2. The van der Waals surface area contributed by atoms with Gasteiger partial charge < -0.3 is 0 Å². The van der Waals surface area contributed by atoms with E-state index >= 15 is 0 Å². The molecule has 0 aliphatic heterocycles. The lowest BCUT2D eigenvalue weighted by molar-refractivity contribution is 0.580. The average molecular weight is 270 g/mol. The molecule has 0 radical (unpaired) electrons. The molecule has 0 heterocycles. The van der Waals surface area contributed by atoms with Crippen molar-refractivity contribution in [2.75, 3.05) is 0 Å². The molecule has 0 fully saturated rings. The summed E-state index contributed by atoms with van der Waals surface area (Å²) in [4.78, 5) is 3.70. The van der Waals surface area contributed by atoms with Gasteiger partial charge in [-0.1, -0.05) is 17.7 Å². The van der Waals surface area contributed by atoms with E-state index in [1.54, 1.807) is 0 Å². The molecule has 0 N–H and O–H groups in total. The molecule has 0 amide bonds. The highest BCUT2D eigenvalue weighted by molar-refractivity contribution is 6.30. The Morgan fingerprint density at radius 1 is 0.944 bits per heavy atom. The molecule has 0 unspecified atom stereocenters. The van der Waals surface area contributed by atoms with Crippen molar-refractivity contribution < 1.29 is 13.2 Å². The highest BCUT2D eigenvalue weighted by atomic mass is 35.5. The molecule has 2 rings (SSSR count). The molecule has 2 aromatic carbocycles. The molecule has 0 aliphatic rings. The van der Waals surface area contributed by atoms with Gasteiger partial charge in [0.25, 0.3) is 0 Å². The molecule has 2 aromatic rings. The van der Waals surface area contributed by atoms with Gasteiger partial charge in [0.05, 0.1) is 11.3 Å². The summed E-state index contributed by atoms with van der Waals surface area (Å²) in [5, 5.41) is 0.225. The minimum absolute atomic E-state index is 0.0398. The molecule has 0 spiro atoms. The lowest BCUT2D eigenvalue weighted by Crippen LogP contribution is -1.93. The van der Waals surface area contributed by atoms with Gasteiger partial charge in [0.1, 0.15) is 17.5 Å². The minimum atomic E-state index is -0.756. The summed E-state index contributed by atoms with van der Waals surface area (Å²) in [7, 11) is 0. The summed E-state index contributed by atoms with van der Waals surface area (Å²) >= 11 is 5.57. The standard InChI is InChI=1S/C13H7ClF3N/c14-8-4-5-13(12(17)6-8)18-7-9-10(15)2-1-3-11(9)16/h1-7H/b18-7+. The summed E-state index contributed by atoms with van der Waals surface area (Å²) in [6, 6.07) is 7.28. The second-order valence-corrected chi connectivity index (χ2v) is 3.93. The SMILES string of the molecule is Fc1cc(Cl)ccc1/N=C/c1c(F)cccc1F. The van der Waals surface area contributed by atoms with Gasteiger partial charge in [-0.25, -0.2) is 13.2 Å². The van der Waals surface area contributed by atoms with E-state index in [4.69, 9.17) is 11.6 Å². The van der Waals surface area contributed by atoms with Gasteiger partial charge in [-0.2, -0.15) is 0 Å². The Balaban J connectivity index is 2.36. The molecular formula is C13H7ClF3N. The Hall–Kier alpha value is -1.81. The van der Waals surface area contributed by atoms with Crippen molar-refractivity contribution in [3.8, 4) is 0 Å². The fraction of sp³-hybridized carbons (Fsp3) is 0. The van der Waals surface area contributed by atoms with Crippen molar-refractivity contribution in [1.29, 1.82) is 0 Å². The Morgan fingerprint density at radius 2 is 1.61 bits per heavy atom. The van der Waals surface area contributed by atoms with Crippen LogP contribution in [0.15, 0.2) is 41.4 Å². The molecule has 0 aliphatic carbocycles. The zero-order valence-corrected chi connectivity index (χ0v) is 9.76. The molecule has 0 bridgehead atoms. The Kier molecular flexibility index (Phi) is 3.67. The van der Waals surface area contributed by atoms with E-state index in [-0.39, 0.29) is 16.3 Å². The van der Waals surface area contributed by atoms with Crippen LogP contribution in [0.25, 0.3) is 0 Å². The van der Waals surface area contributed by atoms with Gasteiger partial charge in [-0.3, -0.25) is 4.99 Å². The van der Waals surface area contributed by atoms with Crippen molar-refractivity contribution in [2.24, 2.45) is 4.99 Å². The summed E-state index contributed by atoms with van der Waals surface area (Å²) in [5.41, 5.74) is -0.353. The third-order valence-corrected chi connectivity index (χ3v) is 2.48. The van der Waals surface area contributed by atoms with Gasteiger partial charge in [0.2, 0.25) is 0 Å². The third kappa shape index (κ3) is 2.71. The summed E-state index contributed by atoms with van der Waals surface area (Å²) in [5.74, 6) is -2.17. The molecule has 1 nitrogen and oxygen atoms in total. The van der Waals surface area contributed by atoms with E-state index in [9.17, 15) is 13.2 Å². The van der Waals surface area contributed by atoms with Crippen LogP contribution in [0.3, 0.4) is 0 Å². The summed E-state index contributed by atoms with van der Waals surface area (Å²) in [6.45, 7) is 0. The number of hydrogen-bond donors (Lipinski definition) is 0. The normalized spacial score (nSPS) is 11.1. The van der Waals surface area contributed by atoms with Crippen molar-refractivity contribution >= 4 is 23.5 Å². The number of benzene rings is 2. The van der Waals surface area contributed by atoms with Crippen molar-refractivity contribution in [1.82, 2.24) is 0 Å². The second kappa shape index (κ2) is 5.23. The molecular weight excluding hydrogens is 263 g/mol. The first-order chi connectivity index (χ1) is 8.58. The van der Waals surface area contributed by atoms with E-state index in [0.717, 1.165) is 24.4 Å². The van der Waals surface area contributed by atoms with Crippen LogP contribution in [0.4, 0.5) is 18.9 Å². The first kappa shape index (κ1) is 12.6. The highest BCUT2D eigenvalue weighted by Gasteiger charge is 2.06. The summed E-state index contributed by atoms with van der Waals surface area (Å²) < 4.78 is 39.9. The van der Waals surface area contributed by atoms with E-state index < -0.39 is 17.5 Å². The lowest BCUT2D eigenvalue weighted by atomic mass is 10.2. The monoisotopic (exact) mass is 269 g/mol. The smallest absolute Gasteiger partial charge is 0.150 e. The largest absolute Gasteiger partial charge is 0.253 e. The predicted molar refractivity (Wildman–Crippen MR) is 65.0 cm³/mol. The maximum atomic E-state index is 13.4. The fourth-order valence-corrected chi connectivity index (χ4v) is 1.51. The number of nitrogens with zero attached hydrogens (tertiary/aromatic N) is 1. The quantitative estimate of drug-likeness (QED) is 0.712. The topological polar surface area (TPSA) is 12.4 Å². The number of aliphatic imine (C=N–C) groups is 1. The second-order valence-electron chi connectivity index (χ2n) is 3.49. The summed E-state index contributed by atoms with van der Waals surface area (Å²) in [6.07, 6.45) is 0.941. The van der Waals surface area contributed by atoms with Crippen LogP contribution in [-0.2, 0) is 0 Å². The fourth-order valence-electron chi connectivity index (χ4n) is 1.35. The van der Waals surface area contributed by atoms with Crippen LogP contribution >= 0.6 is 11.6 Å². The van der Waals surface area contributed by atoms with E-state index in [1.807, 2.05) is 0 Å². The van der Waals surface area contributed by atoms with E-state index in [0.29, 0.717) is 0 Å². The van der Waals surface area contributed by atoms with Gasteiger partial charge in [-0.15, -0.1) is 0 Å². The van der Waals surface area contributed by atoms with Gasteiger partial charge in [-0.05, 0) is 30.3 Å². The Labute approximate surface area is 107 Å². The van der Waals surface area contributed by atoms with Crippen LogP contribution in [0, 0.1) is 17.5 Å². The van der Waals surface area contributed by atoms with Gasteiger partial charge in [0, 0.05) is 11.2 Å². The molecule has 18 heavy (non-hydrogen) atoms. The molecule has 5 heteroatoms. The van der Waals surface area contributed by atoms with Gasteiger partial charge in [0.15, 0.2) is 0 Å². The predicted octanol–water partition coefficient (Wildman–Crippen LogP) is 4.51. The number of hydrogen-bond acceptors (Lipinski definition) is 1. The third-order valence-electron chi connectivity index (χ3n) is 2.24. The van der Waals surface area contributed by atoms with Crippen LogP contribution < -0.4 is 0 Å². The van der Waals surface area contributed by atoms with Crippen molar-refractivity contribution in [2.45, 2.75) is 0 Å². The number of halogens is 4. The molecule has 0 aromatic heterocycles. The van der Waals surface area contributed by atoms with Crippen LogP contribution in [0.5, 0.6) is 0 Å². The highest BCUT2D eigenvalue weighted by Crippen LogP contribution is 2.22. The molecule has 92 valence electrons. The maximum absolute atomic E-state index is 13.4. The molecule has 0 saturated carbocycles. The maximum Gasteiger partial charge on any atom is 0.150 e. The Morgan fingerprint density at radius 3 is 2.22 bits per heavy atom. The zero-order chi connectivity index (χ0) is 13.1. The first-order valence-electron chi connectivity index (χ1n) is 5.01. The van der Waals surface area contributed by atoms with Crippen molar-refractivity contribution in [3.63, 3.8) is 0 Å². The van der Waals surface area contributed by atoms with Crippen LogP contribution in [0.2, 0.25) is 5.02 Å². The lowest BCUT2D eigenvalue weighted by Gasteiger charge is -1.99. The van der Waals surface area contributed by atoms with E-state index in [2.05, 4.69) is 4.99 Å². The average Bonchev–Trinajstić information content (AvgIpc) is 2.31. The zero-order valence-electron chi connectivity index (χ0n) is 9.00. The van der Waals surface area contributed by atoms with Gasteiger partial charge >= 0.3 is 0 Å². The molecule has 0 saturated heterocycles. The van der Waals surface area contributed by atoms with Crippen molar-refractivity contribution in [3.05, 3.63) is 64.4 Å². The van der Waals surface area contributed by atoms with E-state index in [1.165, 1.54) is 18.2 Å². The first-order valence-corrected chi connectivity index (χ1v) is 5.39. The van der Waals surface area contributed by atoms with Crippen LogP contribution in [0.1, 0.15) is 5.56 Å². The van der Waals surface area contributed by atoms with Crippen LogP contribution in [-0.4, -0.2) is 6.21 Å². The minimum Gasteiger partial charge on any atom is -0.253 e. The Bertz CT molecular complexity index is 591. The molecule has 0 atom stereocenters.